The first-order valence-corrected chi connectivity index (χ1v) is 9.09. The highest BCUT2D eigenvalue weighted by Gasteiger charge is 2.33. The first-order valence-electron chi connectivity index (χ1n) is 7.20. The van der Waals surface area contributed by atoms with E-state index in [1.807, 2.05) is 6.07 Å². The first-order chi connectivity index (χ1) is 9.86. The molecule has 0 amide bonds. The molecule has 1 aromatic carbocycles. The Balaban J connectivity index is 2.39. The predicted molar refractivity (Wildman–Crippen MR) is 85.4 cm³/mol. The smallest absolute Gasteiger partial charge is 0.177 e. The van der Waals surface area contributed by atoms with Crippen LogP contribution in [0.5, 0.6) is 0 Å². The summed E-state index contributed by atoms with van der Waals surface area (Å²) in [7, 11) is -1.66. The molecule has 0 saturated heterocycles. The molecule has 0 heterocycles. The highest BCUT2D eigenvalue weighted by atomic mass is 32.2. The first kappa shape index (κ1) is 16.1. The minimum atomic E-state index is -3.32. The standard InChI is InChI=1S/C15H24N2O3S/c1-11(12-7-8-12)17(9-10-20-2)13-5-4-6-14(15(13)16)21(3,18)19/h4-6,11-12H,7-10,16H2,1-3H3. The molecule has 1 saturated carbocycles. The van der Waals surface area contributed by atoms with Crippen LogP contribution in [-0.2, 0) is 14.6 Å². The minimum absolute atomic E-state index is 0.199. The molecule has 118 valence electrons. The van der Waals surface area contributed by atoms with Gasteiger partial charge in [-0.1, -0.05) is 6.07 Å². The third-order valence-corrected chi connectivity index (χ3v) is 5.24. The maximum atomic E-state index is 11.8. The van der Waals surface area contributed by atoms with Gasteiger partial charge in [-0.15, -0.1) is 0 Å². The molecule has 0 spiro atoms. The molecule has 21 heavy (non-hydrogen) atoms. The number of hydrogen-bond acceptors (Lipinski definition) is 5. The van der Waals surface area contributed by atoms with Crippen molar-refractivity contribution in [3.05, 3.63) is 18.2 Å². The zero-order valence-corrected chi connectivity index (χ0v) is 13.7. The fourth-order valence-corrected chi connectivity index (χ4v) is 3.50. The summed E-state index contributed by atoms with van der Waals surface area (Å²) in [5.74, 6) is 0.656. The van der Waals surface area contributed by atoms with E-state index in [0.717, 1.165) is 5.69 Å². The van der Waals surface area contributed by atoms with Crippen molar-refractivity contribution in [1.82, 2.24) is 0 Å². The molecule has 0 aliphatic heterocycles. The average Bonchev–Trinajstić information content (AvgIpc) is 3.23. The van der Waals surface area contributed by atoms with E-state index in [0.29, 0.717) is 30.8 Å². The van der Waals surface area contributed by atoms with Crippen LogP contribution >= 0.6 is 0 Å². The van der Waals surface area contributed by atoms with Gasteiger partial charge in [0, 0.05) is 26.0 Å². The predicted octanol–water partition coefficient (Wildman–Crippen LogP) is 1.92. The molecule has 1 fully saturated rings. The second kappa shape index (κ2) is 6.23. The van der Waals surface area contributed by atoms with Gasteiger partial charge < -0.3 is 15.4 Å². The van der Waals surface area contributed by atoms with E-state index in [1.54, 1.807) is 19.2 Å². The number of hydrogen-bond donors (Lipinski definition) is 1. The maximum absolute atomic E-state index is 11.8. The Kier molecular flexibility index (Phi) is 4.78. The highest BCUT2D eigenvalue weighted by molar-refractivity contribution is 7.90. The van der Waals surface area contributed by atoms with Crippen molar-refractivity contribution in [3.63, 3.8) is 0 Å². The molecule has 1 atom stereocenters. The van der Waals surface area contributed by atoms with Crippen LogP contribution in [-0.4, -0.2) is 41.0 Å². The SMILES string of the molecule is COCCN(c1cccc(S(C)(=O)=O)c1N)C(C)C1CC1. The molecule has 1 aromatic rings. The van der Waals surface area contributed by atoms with Gasteiger partial charge >= 0.3 is 0 Å². The minimum Gasteiger partial charge on any atom is -0.396 e. The Hall–Kier alpha value is -1.27. The normalized spacial score (nSPS) is 16.7. The average molecular weight is 312 g/mol. The van der Waals surface area contributed by atoms with Crippen molar-refractivity contribution in [2.75, 3.05) is 37.2 Å². The molecule has 6 heteroatoms. The lowest BCUT2D eigenvalue weighted by Gasteiger charge is -2.32. The summed E-state index contributed by atoms with van der Waals surface area (Å²) in [6.07, 6.45) is 3.62. The van der Waals surface area contributed by atoms with Crippen LogP contribution in [0.4, 0.5) is 11.4 Å². The number of benzene rings is 1. The lowest BCUT2D eigenvalue weighted by molar-refractivity contribution is 0.203. The van der Waals surface area contributed by atoms with Crippen LogP contribution in [0.15, 0.2) is 23.1 Å². The molecule has 2 rings (SSSR count). The number of sulfone groups is 1. The third-order valence-electron chi connectivity index (χ3n) is 4.08. The summed E-state index contributed by atoms with van der Waals surface area (Å²) in [5, 5.41) is 0. The van der Waals surface area contributed by atoms with E-state index in [-0.39, 0.29) is 4.90 Å². The van der Waals surface area contributed by atoms with E-state index in [9.17, 15) is 8.42 Å². The van der Waals surface area contributed by atoms with E-state index >= 15 is 0 Å². The van der Waals surface area contributed by atoms with Crippen LogP contribution in [0.25, 0.3) is 0 Å². The zero-order chi connectivity index (χ0) is 15.6. The van der Waals surface area contributed by atoms with Gasteiger partial charge in [0.2, 0.25) is 0 Å². The number of rotatable bonds is 7. The van der Waals surface area contributed by atoms with E-state index in [4.69, 9.17) is 10.5 Å². The number of para-hydroxylation sites is 1. The third kappa shape index (κ3) is 3.68. The van der Waals surface area contributed by atoms with Crippen LogP contribution in [0, 0.1) is 5.92 Å². The second-order valence-electron chi connectivity index (χ2n) is 5.73. The van der Waals surface area contributed by atoms with Crippen molar-refractivity contribution in [1.29, 1.82) is 0 Å². The highest BCUT2D eigenvalue weighted by Crippen LogP contribution is 2.39. The lowest BCUT2D eigenvalue weighted by atomic mass is 10.1. The fourth-order valence-electron chi connectivity index (χ4n) is 2.67. The monoisotopic (exact) mass is 312 g/mol. The molecule has 0 aromatic heterocycles. The van der Waals surface area contributed by atoms with Gasteiger partial charge in [-0.05, 0) is 37.8 Å². The summed E-state index contributed by atoms with van der Waals surface area (Å²) in [6.45, 7) is 3.45. The van der Waals surface area contributed by atoms with Gasteiger partial charge in [0.25, 0.3) is 0 Å². The number of nitrogens with two attached hydrogens (primary N) is 1. The van der Waals surface area contributed by atoms with Crippen LogP contribution < -0.4 is 10.6 Å². The summed E-state index contributed by atoms with van der Waals surface area (Å²) in [4.78, 5) is 2.37. The molecule has 5 nitrogen and oxygen atoms in total. The Morgan fingerprint density at radius 3 is 2.62 bits per heavy atom. The van der Waals surface area contributed by atoms with Crippen LogP contribution in [0.1, 0.15) is 19.8 Å². The van der Waals surface area contributed by atoms with Crippen molar-refractivity contribution in [2.24, 2.45) is 5.92 Å². The van der Waals surface area contributed by atoms with E-state index in [1.165, 1.54) is 19.1 Å². The fraction of sp³-hybridized carbons (Fsp3) is 0.600. The summed E-state index contributed by atoms with van der Waals surface area (Å²) >= 11 is 0. The largest absolute Gasteiger partial charge is 0.396 e. The summed E-state index contributed by atoms with van der Waals surface area (Å²) < 4.78 is 28.9. The molecular weight excluding hydrogens is 288 g/mol. The summed E-state index contributed by atoms with van der Waals surface area (Å²) in [5.41, 5.74) is 7.26. The van der Waals surface area contributed by atoms with Crippen LogP contribution in [0.2, 0.25) is 0 Å². The molecule has 2 N–H and O–H groups in total. The van der Waals surface area contributed by atoms with E-state index in [2.05, 4.69) is 11.8 Å². The van der Waals surface area contributed by atoms with Crippen LogP contribution in [0.3, 0.4) is 0 Å². The van der Waals surface area contributed by atoms with Gasteiger partial charge in [-0.3, -0.25) is 0 Å². The number of nitrogen functional groups attached to an aromatic ring is 1. The molecule has 1 aliphatic rings. The number of anilines is 2. The van der Waals surface area contributed by atoms with Gasteiger partial charge in [0.15, 0.2) is 9.84 Å². The van der Waals surface area contributed by atoms with E-state index < -0.39 is 9.84 Å². The molecular formula is C15H24N2O3S. The lowest BCUT2D eigenvalue weighted by Crippen LogP contribution is -2.38. The topological polar surface area (TPSA) is 72.6 Å². The Labute approximate surface area is 127 Å². The quantitative estimate of drug-likeness (QED) is 0.779. The maximum Gasteiger partial charge on any atom is 0.177 e. The van der Waals surface area contributed by atoms with Gasteiger partial charge in [-0.2, -0.15) is 0 Å². The molecule has 1 aliphatic carbocycles. The Morgan fingerprint density at radius 1 is 1.43 bits per heavy atom. The van der Waals surface area contributed by atoms with Gasteiger partial charge in [0.1, 0.15) is 0 Å². The Morgan fingerprint density at radius 2 is 2.10 bits per heavy atom. The number of ether oxygens (including phenoxy) is 1. The number of methoxy groups -OCH3 is 1. The van der Waals surface area contributed by atoms with Crippen molar-refractivity contribution in [3.8, 4) is 0 Å². The van der Waals surface area contributed by atoms with Crippen molar-refractivity contribution < 1.29 is 13.2 Å². The summed E-state index contributed by atoms with van der Waals surface area (Å²) in [6, 6.07) is 5.53. The molecule has 1 unspecified atom stereocenters. The number of nitrogens with zero attached hydrogens (tertiary/aromatic N) is 1. The zero-order valence-electron chi connectivity index (χ0n) is 12.9. The second-order valence-corrected chi connectivity index (χ2v) is 7.71. The van der Waals surface area contributed by atoms with Crippen molar-refractivity contribution in [2.45, 2.75) is 30.7 Å². The Bertz CT molecular complexity index is 597. The molecule has 0 radical (unpaired) electrons. The van der Waals surface area contributed by atoms with Gasteiger partial charge in [-0.25, -0.2) is 8.42 Å². The van der Waals surface area contributed by atoms with Gasteiger partial charge in [0.05, 0.1) is 22.9 Å². The van der Waals surface area contributed by atoms with Crippen molar-refractivity contribution >= 4 is 21.2 Å². The molecule has 0 bridgehead atoms.